The molecule has 0 bridgehead atoms. The molecule has 0 aliphatic heterocycles. The van der Waals surface area contributed by atoms with Gasteiger partial charge in [-0.05, 0) is 72.8 Å². The van der Waals surface area contributed by atoms with Crippen molar-refractivity contribution in [2.24, 2.45) is 0 Å². The maximum Gasteiger partial charge on any atom is 0.278 e. The van der Waals surface area contributed by atoms with E-state index in [0.717, 1.165) is 0 Å². The Morgan fingerprint density at radius 3 is 1.18 bits per heavy atom. The topological polar surface area (TPSA) is 245 Å². The molecular weight excluding hydrogens is 512 g/mol. The maximum absolute atomic E-state index is 6.33. The number of hydrogen-bond acceptors (Lipinski definition) is 12. The summed E-state index contributed by atoms with van der Waals surface area (Å²) in [7, 11) is 0. The second-order valence-electron chi connectivity index (χ2n) is 9.09. The van der Waals surface area contributed by atoms with Gasteiger partial charge in [-0.2, -0.15) is 0 Å². The molecule has 40 heavy (non-hydrogen) atoms. The summed E-state index contributed by atoms with van der Waals surface area (Å²) in [6.07, 6.45) is -1.65. The molecular formula is C28H34N8O4. The largest absolute Gasteiger partial charge is 0.491 e. The van der Waals surface area contributed by atoms with E-state index < -0.39 is 12.4 Å². The van der Waals surface area contributed by atoms with E-state index in [0.29, 0.717) is 68.5 Å². The van der Waals surface area contributed by atoms with Crippen molar-refractivity contribution >= 4 is 45.5 Å². The molecule has 0 amide bonds. The maximum atomic E-state index is 6.33. The summed E-state index contributed by atoms with van der Waals surface area (Å²) in [6.45, 7) is 0.158. The molecule has 4 aromatic rings. The van der Waals surface area contributed by atoms with Crippen molar-refractivity contribution in [2.75, 3.05) is 52.5 Å². The third-order valence-electron chi connectivity index (χ3n) is 5.86. The first-order valence-corrected chi connectivity index (χ1v) is 12.3. The van der Waals surface area contributed by atoms with E-state index in [-0.39, 0.29) is 13.0 Å². The number of benzene rings is 4. The molecule has 210 valence electrons. The Balaban J connectivity index is 1.67. The number of rotatable bonds is 11. The van der Waals surface area contributed by atoms with E-state index in [1.165, 1.54) is 0 Å². The first-order chi connectivity index (χ1) is 19.1. The fourth-order valence-corrected chi connectivity index (χ4v) is 3.85. The van der Waals surface area contributed by atoms with Gasteiger partial charge in [-0.3, -0.25) is 0 Å². The lowest BCUT2D eigenvalue weighted by Crippen LogP contribution is -2.42. The Bertz CT molecular complexity index is 1430. The molecule has 0 saturated carbocycles. The highest BCUT2D eigenvalue weighted by Crippen LogP contribution is 2.33. The first kappa shape index (κ1) is 27.5. The van der Waals surface area contributed by atoms with E-state index in [9.17, 15) is 0 Å². The molecule has 1 unspecified atom stereocenters. The third kappa shape index (κ3) is 6.86. The van der Waals surface area contributed by atoms with Crippen LogP contribution in [-0.4, -0.2) is 19.0 Å². The number of ether oxygens (including phenoxy) is 4. The first-order valence-electron chi connectivity index (χ1n) is 12.3. The van der Waals surface area contributed by atoms with Gasteiger partial charge >= 0.3 is 0 Å². The lowest BCUT2D eigenvalue weighted by molar-refractivity contribution is -0.0793. The minimum absolute atomic E-state index is 0.158. The Labute approximate surface area is 231 Å². The van der Waals surface area contributed by atoms with Crippen LogP contribution in [0.25, 0.3) is 0 Å². The van der Waals surface area contributed by atoms with Crippen molar-refractivity contribution in [3.63, 3.8) is 0 Å². The van der Waals surface area contributed by atoms with Crippen LogP contribution in [0, 0.1) is 0 Å². The smallest absolute Gasteiger partial charge is 0.278 e. The SMILES string of the molecule is Nc1ccc(OCCC(Oc2ccc(N)cc2N)C(Oc2ccc(N)cc2N)Oc2ccc(N)cc2N)c(N)c1. The number of hydrogen-bond donors (Lipinski definition) is 8. The molecule has 0 fully saturated rings. The number of anilines is 8. The van der Waals surface area contributed by atoms with Gasteiger partial charge in [0, 0.05) is 29.2 Å². The van der Waals surface area contributed by atoms with Crippen LogP contribution in [0.2, 0.25) is 0 Å². The molecule has 0 aliphatic carbocycles. The van der Waals surface area contributed by atoms with Gasteiger partial charge < -0.3 is 64.8 Å². The van der Waals surface area contributed by atoms with Crippen molar-refractivity contribution < 1.29 is 18.9 Å². The van der Waals surface area contributed by atoms with Gasteiger partial charge in [0.05, 0.1) is 29.4 Å². The number of nitrogen functional groups attached to an aromatic ring is 8. The highest BCUT2D eigenvalue weighted by Gasteiger charge is 2.30. The van der Waals surface area contributed by atoms with Gasteiger partial charge in [-0.25, -0.2) is 0 Å². The van der Waals surface area contributed by atoms with E-state index in [1.807, 2.05) is 0 Å². The zero-order valence-corrected chi connectivity index (χ0v) is 21.7. The van der Waals surface area contributed by atoms with Crippen LogP contribution in [0.1, 0.15) is 6.42 Å². The van der Waals surface area contributed by atoms with Gasteiger partial charge in [-0.15, -0.1) is 0 Å². The van der Waals surface area contributed by atoms with E-state index >= 15 is 0 Å². The molecule has 0 spiro atoms. The summed E-state index contributed by atoms with van der Waals surface area (Å²) in [5, 5.41) is 0. The molecule has 1 atom stereocenters. The molecule has 12 heteroatoms. The molecule has 12 nitrogen and oxygen atoms in total. The molecule has 0 aromatic heterocycles. The van der Waals surface area contributed by atoms with Crippen LogP contribution >= 0.6 is 0 Å². The predicted octanol–water partition coefficient (Wildman–Crippen LogP) is 3.04. The second kappa shape index (κ2) is 11.9. The summed E-state index contributed by atoms with van der Waals surface area (Å²) >= 11 is 0. The van der Waals surface area contributed by atoms with Gasteiger partial charge in [0.25, 0.3) is 6.29 Å². The summed E-state index contributed by atoms with van der Waals surface area (Å²) in [5.74, 6) is 1.45. The molecule has 0 radical (unpaired) electrons. The Morgan fingerprint density at radius 2 is 0.800 bits per heavy atom. The van der Waals surface area contributed by atoms with Gasteiger partial charge in [0.15, 0.2) is 6.10 Å². The third-order valence-corrected chi connectivity index (χ3v) is 5.86. The Kier molecular flexibility index (Phi) is 8.19. The van der Waals surface area contributed by atoms with Crippen LogP contribution in [-0.2, 0) is 0 Å². The van der Waals surface area contributed by atoms with Crippen LogP contribution in [0.5, 0.6) is 23.0 Å². The van der Waals surface area contributed by atoms with Crippen molar-refractivity contribution in [3.05, 3.63) is 72.8 Å². The lowest BCUT2D eigenvalue weighted by Gasteiger charge is -2.30. The Morgan fingerprint density at radius 1 is 0.450 bits per heavy atom. The molecule has 4 rings (SSSR count). The fraction of sp³-hybridized carbons (Fsp3) is 0.143. The highest BCUT2D eigenvalue weighted by molar-refractivity contribution is 5.63. The Hall–Kier alpha value is -5.52. The monoisotopic (exact) mass is 546 g/mol. The summed E-state index contributed by atoms with van der Waals surface area (Å²) < 4.78 is 24.8. The summed E-state index contributed by atoms with van der Waals surface area (Å²) in [4.78, 5) is 0. The van der Waals surface area contributed by atoms with Crippen LogP contribution < -0.4 is 64.8 Å². The normalized spacial score (nSPS) is 11.6. The average molecular weight is 547 g/mol. The molecule has 0 aliphatic rings. The molecule has 0 saturated heterocycles. The zero-order valence-electron chi connectivity index (χ0n) is 21.7. The summed E-state index contributed by atoms with van der Waals surface area (Å²) in [5.41, 5.74) is 51.3. The van der Waals surface area contributed by atoms with Gasteiger partial charge in [-0.1, -0.05) is 0 Å². The van der Waals surface area contributed by atoms with E-state index in [4.69, 9.17) is 64.8 Å². The minimum Gasteiger partial charge on any atom is -0.491 e. The van der Waals surface area contributed by atoms with Crippen molar-refractivity contribution in [3.8, 4) is 23.0 Å². The van der Waals surface area contributed by atoms with Crippen LogP contribution in [0.4, 0.5) is 45.5 Å². The van der Waals surface area contributed by atoms with Crippen LogP contribution in [0.15, 0.2) is 72.8 Å². The molecule has 0 heterocycles. The highest BCUT2D eigenvalue weighted by atomic mass is 16.7. The van der Waals surface area contributed by atoms with Crippen molar-refractivity contribution in [1.29, 1.82) is 0 Å². The van der Waals surface area contributed by atoms with E-state index in [1.54, 1.807) is 72.8 Å². The van der Waals surface area contributed by atoms with Gasteiger partial charge in [0.2, 0.25) is 0 Å². The van der Waals surface area contributed by atoms with Crippen molar-refractivity contribution in [2.45, 2.75) is 18.8 Å². The minimum atomic E-state index is -1.10. The molecule has 4 aromatic carbocycles. The quantitative estimate of drug-likeness (QED) is 0.0998. The number of nitrogens with two attached hydrogens (primary N) is 8. The van der Waals surface area contributed by atoms with Crippen LogP contribution in [0.3, 0.4) is 0 Å². The standard InChI is InChI=1S/C28H34N8O4/c29-15-1-5-23(19(33)11-15)37-10-9-27(38-24-6-2-16(30)12-20(24)34)28(39-25-7-3-17(31)13-21(25)35)40-26-8-4-18(32)14-22(26)36/h1-8,11-14,27-28H,9-10,29-36H2. The summed E-state index contributed by atoms with van der Waals surface area (Å²) in [6, 6.07) is 19.6. The lowest BCUT2D eigenvalue weighted by atomic mass is 10.2. The van der Waals surface area contributed by atoms with Gasteiger partial charge in [0.1, 0.15) is 23.0 Å². The predicted molar refractivity (Wildman–Crippen MR) is 161 cm³/mol. The molecule has 16 N–H and O–H groups in total. The fourth-order valence-electron chi connectivity index (χ4n) is 3.85. The van der Waals surface area contributed by atoms with E-state index in [2.05, 4.69) is 0 Å². The zero-order chi connectivity index (χ0) is 28.8. The van der Waals surface area contributed by atoms with Crippen molar-refractivity contribution in [1.82, 2.24) is 0 Å². The second-order valence-corrected chi connectivity index (χ2v) is 9.09. The average Bonchev–Trinajstić information content (AvgIpc) is 2.88.